The van der Waals surface area contributed by atoms with Crippen LogP contribution in [0, 0.1) is 0 Å². The van der Waals surface area contributed by atoms with Crippen molar-refractivity contribution in [2.75, 3.05) is 24.8 Å². The van der Waals surface area contributed by atoms with Gasteiger partial charge in [-0.1, -0.05) is 36.2 Å². The largest absolute Gasteiger partial charge is 0.494 e. The molecule has 1 aromatic heterocycles. The van der Waals surface area contributed by atoms with Crippen molar-refractivity contribution in [3.8, 4) is 22.7 Å². The van der Waals surface area contributed by atoms with E-state index < -0.39 is 0 Å². The summed E-state index contributed by atoms with van der Waals surface area (Å²) in [6.45, 7) is 8.05. The molecule has 5 heteroatoms. The molecule has 1 aliphatic heterocycles. The number of ether oxygens (including phenoxy) is 1. The first kappa shape index (κ1) is 26.0. The van der Waals surface area contributed by atoms with E-state index in [4.69, 9.17) is 4.74 Å². The number of imidazole rings is 1. The Morgan fingerprint density at radius 2 is 1.59 bits per heavy atom. The molecular weight excluding hydrogens is 462 g/mol. The average molecular weight is 502 g/mol. The molecule has 0 aliphatic carbocycles. The molecule has 1 aliphatic rings. The number of nitrogens with one attached hydrogen (secondary N) is 1. The Morgan fingerprint density at radius 1 is 0.938 bits per heavy atom. The highest BCUT2D eigenvalue weighted by molar-refractivity contribution is 9.08. The fourth-order valence-corrected chi connectivity index (χ4v) is 3.90. The van der Waals surface area contributed by atoms with Crippen LogP contribution >= 0.6 is 15.9 Å². The molecule has 0 saturated carbocycles. The van der Waals surface area contributed by atoms with Crippen LogP contribution in [0.4, 0.5) is 5.69 Å². The molecule has 0 saturated heterocycles. The smallest absolute Gasteiger partial charge is 0.262 e. The molecular formula is C27H39BrN3O+. The van der Waals surface area contributed by atoms with Crippen LogP contribution < -0.4 is 14.6 Å². The second-order valence-electron chi connectivity index (χ2n) is 7.72. The zero-order chi connectivity index (χ0) is 23.3. The minimum absolute atomic E-state index is 0.695. The Hall–Kier alpha value is -2.27. The van der Waals surface area contributed by atoms with Gasteiger partial charge in [0.25, 0.3) is 5.82 Å². The van der Waals surface area contributed by atoms with Gasteiger partial charge in [-0.05, 0) is 80.6 Å². The van der Waals surface area contributed by atoms with Crippen molar-refractivity contribution in [2.45, 2.75) is 59.4 Å². The van der Waals surface area contributed by atoms with Gasteiger partial charge in [-0.3, -0.25) is 0 Å². The lowest BCUT2D eigenvalue weighted by Crippen LogP contribution is -2.38. The minimum Gasteiger partial charge on any atom is -0.494 e. The highest BCUT2D eigenvalue weighted by atomic mass is 79.9. The van der Waals surface area contributed by atoms with Crippen molar-refractivity contribution in [3.63, 3.8) is 0 Å². The maximum Gasteiger partial charge on any atom is 0.262 e. The molecule has 0 amide bonds. The number of halogens is 1. The first-order valence-electron chi connectivity index (χ1n) is 11.7. The predicted molar refractivity (Wildman–Crippen MR) is 140 cm³/mol. The van der Waals surface area contributed by atoms with Crippen LogP contribution in [-0.4, -0.2) is 24.1 Å². The van der Waals surface area contributed by atoms with Crippen LogP contribution in [0.3, 0.4) is 0 Å². The van der Waals surface area contributed by atoms with Crippen molar-refractivity contribution >= 4 is 21.6 Å². The molecule has 0 atom stereocenters. The first-order chi connectivity index (χ1) is 15.7. The van der Waals surface area contributed by atoms with Crippen molar-refractivity contribution in [1.29, 1.82) is 0 Å². The maximum atomic E-state index is 5.61. The number of nitrogens with zero attached hydrogens (tertiary/aromatic N) is 2. The van der Waals surface area contributed by atoms with Gasteiger partial charge in [-0.15, -0.1) is 0 Å². The molecule has 0 unspecified atom stereocenters. The Morgan fingerprint density at radius 3 is 2.19 bits per heavy atom. The molecule has 32 heavy (non-hydrogen) atoms. The van der Waals surface area contributed by atoms with Gasteiger partial charge in [0.1, 0.15) is 17.6 Å². The third kappa shape index (κ3) is 6.61. The lowest BCUT2D eigenvalue weighted by molar-refractivity contribution is -0.692. The normalized spacial score (nSPS) is 12.3. The molecule has 0 radical (unpaired) electrons. The van der Waals surface area contributed by atoms with E-state index in [0.717, 1.165) is 24.4 Å². The summed E-state index contributed by atoms with van der Waals surface area (Å²) < 4.78 is 10.5. The molecule has 4 rings (SSSR count). The summed E-state index contributed by atoms with van der Waals surface area (Å²) in [6, 6.07) is 17.2. The number of aromatic nitrogens is 2. The van der Waals surface area contributed by atoms with Crippen molar-refractivity contribution in [1.82, 2.24) is 4.57 Å². The average Bonchev–Trinajstić information content (AvgIpc) is 3.02. The van der Waals surface area contributed by atoms with Crippen LogP contribution in [0.1, 0.15) is 52.3 Å². The van der Waals surface area contributed by atoms with E-state index in [1.54, 1.807) is 0 Å². The predicted octanol–water partition coefficient (Wildman–Crippen LogP) is 7.03. The van der Waals surface area contributed by atoms with Crippen molar-refractivity contribution < 1.29 is 9.30 Å². The summed E-state index contributed by atoms with van der Waals surface area (Å²) in [4.78, 5) is 0. The molecule has 2 aromatic carbocycles. The summed E-state index contributed by atoms with van der Waals surface area (Å²) in [5.74, 6) is 4.13. The van der Waals surface area contributed by atoms with Crippen LogP contribution in [0.5, 0.6) is 5.75 Å². The highest BCUT2D eigenvalue weighted by Crippen LogP contribution is 2.25. The van der Waals surface area contributed by atoms with Gasteiger partial charge in [0, 0.05) is 24.7 Å². The molecule has 1 N–H and O–H groups in total. The van der Waals surface area contributed by atoms with E-state index >= 15 is 0 Å². The molecule has 3 aromatic rings. The second kappa shape index (κ2) is 14.0. The number of fused-ring (bicyclic) bond motifs is 1. The van der Waals surface area contributed by atoms with E-state index in [2.05, 4.69) is 99.0 Å². The van der Waals surface area contributed by atoms with Gasteiger partial charge in [-0.25, -0.2) is 4.57 Å². The zero-order valence-corrected chi connectivity index (χ0v) is 21.9. The Labute approximate surface area is 202 Å². The third-order valence-corrected chi connectivity index (χ3v) is 5.31. The molecule has 0 spiro atoms. The van der Waals surface area contributed by atoms with Gasteiger partial charge in [0.2, 0.25) is 0 Å². The number of hydrogen-bond donors (Lipinski definition) is 1. The van der Waals surface area contributed by atoms with Gasteiger partial charge >= 0.3 is 0 Å². The van der Waals surface area contributed by atoms with Crippen molar-refractivity contribution in [3.05, 3.63) is 60.6 Å². The summed E-state index contributed by atoms with van der Waals surface area (Å²) >= 11 is 2.94. The molecule has 0 bridgehead atoms. The van der Waals surface area contributed by atoms with E-state index in [0.29, 0.717) is 6.61 Å². The summed E-state index contributed by atoms with van der Waals surface area (Å²) in [7, 11) is 1.96. The summed E-state index contributed by atoms with van der Waals surface area (Å²) in [5, 5.41) is 3.20. The Balaban J connectivity index is 0.000000671. The van der Waals surface area contributed by atoms with Gasteiger partial charge < -0.3 is 10.1 Å². The quantitative estimate of drug-likeness (QED) is 0.301. The lowest BCUT2D eigenvalue weighted by Gasteiger charge is -2.05. The topological polar surface area (TPSA) is 30.1 Å². The van der Waals surface area contributed by atoms with Crippen LogP contribution in [0.2, 0.25) is 0 Å². The van der Waals surface area contributed by atoms with E-state index in [9.17, 15) is 0 Å². The monoisotopic (exact) mass is 500 g/mol. The van der Waals surface area contributed by atoms with Crippen LogP contribution in [0.25, 0.3) is 16.9 Å². The number of alkyl halides is 1. The number of anilines is 1. The van der Waals surface area contributed by atoms with Crippen molar-refractivity contribution in [2.24, 2.45) is 0 Å². The van der Waals surface area contributed by atoms with Gasteiger partial charge in [0.15, 0.2) is 5.69 Å². The zero-order valence-electron chi connectivity index (χ0n) is 20.3. The molecule has 0 fully saturated rings. The lowest BCUT2D eigenvalue weighted by atomic mass is 10.1. The fraction of sp³-hybridized carbons (Fsp3) is 0.444. The second-order valence-corrected chi connectivity index (χ2v) is 7.72. The third-order valence-electron chi connectivity index (χ3n) is 5.31. The molecule has 174 valence electrons. The molecule has 2 heterocycles. The van der Waals surface area contributed by atoms with Crippen LogP contribution in [0.15, 0.2) is 54.7 Å². The first-order valence-corrected chi connectivity index (χ1v) is 13.3. The minimum atomic E-state index is 0.695. The number of hydrogen-bond acceptors (Lipinski definition) is 2. The van der Waals surface area contributed by atoms with Crippen LogP contribution in [-0.2, 0) is 13.0 Å². The summed E-state index contributed by atoms with van der Waals surface area (Å²) in [6.07, 6.45) is 8.45. The fourth-order valence-electron chi connectivity index (χ4n) is 3.90. The summed E-state index contributed by atoms with van der Waals surface area (Å²) in [5.41, 5.74) is 4.90. The van der Waals surface area contributed by atoms with E-state index in [1.165, 1.54) is 48.5 Å². The standard InChI is InChI=1S/C23H28N3O.C3H8.CH3Br/c1-3-27-21-14-12-20(13-15-21)26-17-22(18-8-10-19(24-2)11-9-18)25-16-6-4-5-7-23(25)26;1-3-2;1-2/h8-15,17,24H,3-7,16H2,1-2H3;3H2,1-2H3;1H3/q+1;;. The highest BCUT2D eigenvalue weighted by Gasteiger charge is 2.26. The van der Waals surface area contributed by atoms with E-state index in [1.807, 2.05) is 19.8 Å². The Bertz CT molecular complexity index is 917. The van der Waals surface area contributed by atoms with Gasteiger partial charge in [0.05, 0.1) is 13.2 Å². The van der Waals surface area contributed by atoms with E-state index in [-0.39, 0.29) is 0 Å². The SMILES string of the molecule is CBr.CCC.CCOc1ccc(-n2cc(-c3ccc(NC)cc3)[n+]3c2CCCCC3)cc1. The molecule has 4 nitrogen and oxygen atoms in total. The van der Waals surface area contributed by atoms with Gasteiger partial charge in [-0.2, -0.15) is 4.57 Å². The number of rotatable bonds is 5. The Kier molecular flexibility index (Phi) is 11.4. The number of benzene rings is 2. The maximum absolute atomic E-state index is 5.61.